The van der Waals surface area contributed by atoms with Crippen molar-refractivity contribution < 1.29 is 38.4 Å². The van der Waals surface area contributed by atoms with Gasteiger partial charge in [-0.3, -0.25) is 14.4 Å². The molecule has 132 valence electrons. The van der Waals surface area contributed by atoms with E-state index >= 15 is 0 Å². The molecule has 1 fully saturated rings. The summed E-state index contributed by atoms with van der Waals surface area (Å²) in [5.41, 5.74) is 5.98. The average Bonchev–Trinajstić information content (AvgIpc) is 2.44. The Morgan fingerprint density at radius 3 is 2.52 bits per heavy atom. The maximum absolute atomic E-state index is 11.2. The lowest BCUT2D eigenvalue weighted by molar-refractivity contribution is -0.238. The van der Waals surface area contributed by atoms with Crippen molar-refractivity contribution in [3.63, 3.8) is 0 Å². The number of rotatable bonds is 8. The van der Waals surface area contributed by atoms with Crippen molar-refractivity contribution in [2.75, 3.05) is 13.2 Å². The van der Waals surface area contributed by atoms with Crippen LogP contribution in [-0.2, 0) is 33.3 Å². The number of hydrogen-bond acceptors (Lipinski definition) is 8. The molecule has 3 N–H and O–H groups in total. The number of carboxylic acids is 1. The van der Waals surface area contributed by atoms with E-state index in [0.29, 0.717) is 6.42 Å². The fourth-order valence-corrected chi connectivity index (χ4v) is 2.16. The molecule has 9 nitrogen and oxygen atoms in total. The number of carbonyl (C=O) groups excluding carboxylic acids is 2. The van der Waals surface area contributed by atoms with Crippen molar-refractivity contribution in [3.8, 4) is 0 Å². The van der Waals surface area contributed by atoms with Crippen LogP contribution in [0.4, 0.5) is 0 Å². The van der Waals surface area contributed by atoms with Crippen LogP contribution in [0.15, 0.2) is 0 Å². The van der Waals surface area contributed by atoms with Crippen LogP contribution >= 0.6 is 0 Å². The first kappa shape index (κ1) is 19.3. The molecular weight excluding hydrogens is 310 g/mol. The molecule has 9 heteroatoms. The van der Waals surface area contributed by atoms with Gasteiger partial charge in [-0.05, 0) is 6.42 Å². The minimum Gasteiger partial charge on any atom is -0.481 e. The summed E-state index contributed by atoms with van der Waals surface area (Å²) in [6.45, 7) is 2.68. The Morgan fingerprint density at radius 1 is 1.26 bits per heavy atom. The highest BCUT2D eigenvalue weighted by Crippen LogP contribution is 2.23. The summed E-state index contributed by atoms with van der Waals surface area (Å²) in [7, 11) is 0. The van der Waals surface area contributed by atoms with E-state index in [0.717, 1.165) is 0 Å². The quantitative estimate of drug-likeness (QED) is 0.457. The molecule has 1 rings (SSSR count). The minimum atomic E-state index is -0.923. The summed E-state index contributed by atoms with van der Waals surface area (Å²) in [4.78, 5) is 32.5. The predicted octanol–water partition coefficient (Wildman–Crippen LogP) is -0.195. The number of carboxylic acid groups (broad SMARTS) is 1. The highest BCUT2D eigenvalue weighted by molar-refractivity contribution is 5.67. The Balaban J connectivity index is 2.58. The van der Waals surface area contributed by atoms with Crippen LogP contribution in [0.3, 0.4) is 0 Å². The molecule has 0 bridgehead atoms. The summed E-state index contributed by atoms with van der Waals surface area (Å²) in [6, 6.07) is -0.711. The van der Waals surface area contributed by atoms with Crippen molar-refractivity contribution >= 4 is 17.9 Å². The topological polar surface area (TPSA) is 134 Å². The van der Waals surface area contributed by atoms with Crippen molar-refractivity contribution in [3.05, 3.63) is 0 Å². The summed E-state index contributed by atoms with van der Waals surface area (Å²) in [6.07, 6.45) is -1.48. The van der Waals surface area contributed by atoms with E-state index in [1.165, 1.54) is 13.8 Å². The third-order valence-electron chi connectivity index (χ3n) is 3.17. The van der Waals surface area contributed by atoms with Crippen LogP contribution in [0, 0.1) is 0 Å². The third kappa shape index (κ3) is 7.40. The van der Waals surface area contributed by atoms with E-state index in [4.69, 9.17) is 29.8 Å². The summed E-state index contributed by atoms with van der Waals surface area (Å²) in [5.74, 6) is -1.86. The zero-order valence-electron chi connectivity index (χ0n) is 13.2. The number of aliphatic carboxylic acids is 1. The molecule has 1 aliphatic heterocycles. The predicted molar refractivity (Wildman–Crippen MR) is 76.3 cm³/mol. The van der Waals surface area contributed by atoms with Gasteiger partial charge in [0.1, 0.15) is 12.7 Å². The minimum absolute atomic E-state index is 0.00515. The van der Waals surface area contributed by atoms with Crippen LogP contribution in [-0.4, -0.2) is 60.8 Å². The van der Waals surface area contributed by atoms with Gasteiger partial charge in [0.2, 0.25) is 0 Å². The van der Waals surface area contributed by atoms with Gasteiger partial charge in [-0.25, -0.2) is 0 Å². The van der Waals surface area contributed by atoms with Gasteiger partial charge < -0.3 is 29.8 Å². The molecule has 0 aromatic carbocycles. The largest absolute Gasteiger partial charge is 0.481 e. The van der Waals surface area contributed by atoms with E-state index < -0.39 is 42.4 Å². The van der Waals surface area contributed by atoms with E-state index in [1.54, 1.807) is 0 Å². The molecule has 0 amide bonds. The molecule has 23 heavy (non-hydrogen) atoms. The molecule has 0 aromatic heterocycles. The first-order valence-electron chi connectivity index (χ1n) is 7.34. The summed E-state index contributed by atoms with van der Waals surface area (Å²) >= 11 is 0. The molecule has 4 atom stereocenters. The van der Waals surface area contributed by atoms with Crippen molar-refractivity contribution in [2.24, 2.45) is 5.73 Å². The van der Waals surface area contributed by atoms with E-state index in [2.05, 4.69) is 0 Å². The molecule has 1 saturated heterocycles. The number of ether oxygens (including phenoxy) is 4. The van der Waals surface area contributed by atoms with Crippen molar-refractivity contribution in [1.82, 2.24) is 0 Å². The average molecular weight is 333 g/mol. The third-order valence-corrected chi connectivity index (χ3v) is 3.17. The highest BCUT2D eigenvalue weighted by atomic mass is 16.7. The van der Waals surface area contributed by atoms with E-state index in [-0.39, 0.29) is 26.1 Å². The highest BCUT2D eigenvalue weighted by Gasteiger charge is 2.39. The summed E-state index contributed by atoms with van der Waals surface area (Å²) < 4.78 is 21.1. The Hall–Kier alpha value is -1.71. The van der Waals surface area contributed by atoms with Crippen molar-refractivity contribution in [1.29, 1.82) is 0 Å². The Kier molecular flexibility index (Phi) is 7.93. The second-order valence-corrected chi connectivity index (χ2v) is 5.26. The molecule has 4 unspecified atom stereocenters. The van der Waals surface area contributed by atoms with Gasteiger partial charge in [-0.15, -0.1) is 0 Å². The van der Waals surface area contributed by atoms with Gasteiger partial charge in [0.15, 0.2) is 6.29 Å². The normalized spacial score (nSPS) is 27.3. The van der Waals surface area contributed by atoms with Gasteiger partial charge >= 0.3 is 17.9 Å². The van der Waals surface area contributed by atoms with Crippen LogP contribution in [0.2, 0.25) is 0 Å². The monoisotopic (exact) mass is 333 g/mol. The molecular formula is C14H23NO8. The standard InChI is InChI=1S/C14H23NO8/c1-8(16)21-7-10-6-11(22-9(2)17)13(15)14(23-10)20-5-3-4-12(18)19/h10-11,13-14H,3-7,15H2,1-2H3,(H,18,19). The lowest BCUT2D eigenvalue weighted by atomic mass is 10.0. The first-order chi connectivity index (χ1) is 10.8. The fourth-order valence-electron chi connectivity index (χ4n) is 2.16. The zero-order valence-corrected chi connectivity index (χ0v) is 13.2. The van der Waals surface area contributed by atoms with Crippen LogP contribution in [0.25, 0.3) is 0 Å². The molecule has 0 aliphatic carbocycles. The van der Waals surface area contributed by atoms with Gasteiger partial charge in [0, 0.05) is 26.7 Å². The number of nitrogens with two attached hydrogens (primary N) is 1. The Morgan fingerprint density at radius 2 is 1.96 bits per heavy atom. The van der Waals surface area contributed by atoms with Gasteiger partial charge in [-0.2, -0.15) is 0 Å². The van der Waals surface area contributed by atoms with Gasteiger partial charge in [0.05, 0.1) is 18.8 Å². The van der Waals surface area contributed by atoms with Crippen LogP contribution in [0.5, 0.6) is 0 Å². The van der Waals surface area contributed by atoms with E-state index in [1.807, 2.05) is 0 Å². The number of carbonyl (C=O) groups is 3. The first-order valence-corrected chi connectivity index (χ1v) is 7.34. The molecule has 0 spiro atoms. The van der Waals surface area contributed by atoms with Crippen molar-refractivity contribution in [2.45, 2.75) is 57.6 Å². The lowest BCUT2D eigenvalue weighted by Crippen LogP contribution is -2.56. The molecule has 0 aromatic rings. The number of hydrogen-bond donors (Lipinski definition) is 2. The van der Waals surface area contributed by atoms with Crippen LogP contribution in [0.1, 0.15) is 33.1 Å². The number of esters is 2. The molecule has 1 aliphatic rings. The molecule has 1 heterocycles. The summed E-state index contributed by atoms with van der Waals surface area (Å²) in [5, 5.41) is 8.59. The molecule has 0 saturated carbocycles. The fraction of sp³-hybridized carbons (Fsp3) is 0.786. The van der Waals surface area contributed by atoms with Crippen LogP contribution < -0.4 is 5.73 Å². The molecule has 0 radical (unpaired) electrons. The second-order valence-electron chi connectivity index (χ2n) is 5.26. The maximum Gasteiger partial charge on any atom is 0.303 e. The Bertz CT molecular complexity index is 427. The Labute approximate surface area is 134 Å². The zero-order chi connectivity index (χ0) is 17.4. The SMILES string of the molecule is CC(=O)OCC1CC(OC(C)=O)C(N)C(OCCCC(=O)O)O1. The van der Waals surface area contributed by atoms with Gasteiger partial charge in [0.25, 0.3) is 0 Å². The smallest absolute Gasteiger partial charge is 0.303 e. The lowest BCUT2D eigenvalue weighted by Gasteiger charge is -2.38. The second kappa shape index (κ2) is 9.43. The maximum atomic E-state index is 11.2. The van der Waals surface area contributed by atoms with Gasteiger partial charge in [-0.1, -0.05) is 0 Å². The van der Waals surface area contributed by atoms with E-state index in [9.17, 15) is 14.4 Å².